The largest absolute Gasteiger partial charge is 0.444 e. The number of amides is 2. The molecule has 214 valence electrons. The smallest absolute Gasteiger partial charge is 0.417 e. The molecule has 40 heavy (non-hydrogen) atoms. The minimum absolute atomic E-state index is 0.232. The van der Waals surface area contributed by atoms with Crippen molar-refractivity contribution in [3.63, 3.8) is 0 Å². The van der Waals surface area contributed by atoms with Gasteiger partial charge in [-0.15, -0.1) is 0 Å². The highest BCUT2D eigenvalue weighted by atomic mass is 32.2. The molecule has 1 aromatic carbocycles. The number of nitriles is 1. The van der Waals surface area contributed by atoms with Crippen molar-refractivity contribution in [3.8, 4) is 11.8 Å². The number of benzene rings is 1. The van der Waals surface area contributed by atoms with Crippen molar-refractivity contribution in [2.45, 2.75) is 73.5 Å². The Morgan fingerprint density at radius 2 is 1.90 bits per heavy atom. The Kier molecular flexibility index (Phi) is 7.21. The second-order valence-electron chi connectivity index (χ2n) is 10.7. The van der Waals surface area contributed by atoms with Crippen LogP contribution in [0.4, 0.5) is 18.0 Å². The first kappa shape index (κ1) is 29.1. The van der Waals surface area contributed by atoms with Gasteiger partial charge in [-0.25, -0.2) is 13.2 Å². The number of hydrogen-bond donors (Lipinski definition) is 1. The summed E-state index contributed by atoms with van der Waals surface area (Å²) in [4.78, 5) is 41.5. The van der Waals surface area contributed by atoms with Crippen molar-refractivity contribution >= 4 is 21.8 Å². The number of sulfone groups is 1. The summed E-state index contributed by atoms with van der Waals surface area (Å²) in [7, 11) is -4.79. The Hall–Kier alpha value is -3.93. The van der Waals surface area contributed by atoms with E-state index in [9.17, 15) is 41.2 Å². The molecular weight excluding hydrogens is 555 g/mol. The third-order valence-electron chi connectivity index (χ3n) is 6.54. The van der Waals surface area contributed by atoms with Crippen LogP contribution in [0.2, 0.25) is 0 Å². The molecule has 2 atom stereocenters. The summed E-state index contributed by atoms with van der Waals surface area (Å²) in [6.07, 6.45) is -2.69. The Labute approximate surface area is 227 Å². The summed E-state index contributed by atoms with van der Waals surface area (Å²) in [5, 5.41) is 10.3. The zero-order chi connectivity index (χ0) is 29.7. The second kappa shape index (κ2) is 9.92. The van der Waals surface area contributed by atoms with E-state index in [4.69, 9.17) is 4.74 Å². The molecule has 2 aromatic rings. The van der Waals surface area contributed by atoms with Gasteiger partial charge in [-0.2, -0.15) is 18.4 Å². The predicted octanol–water partition coefficient (Wildman–Crippen LogP) is 2.58. The average molecular weight is 582 g/mol. The zero-order valence-electron chi connectivity index (χ0n) is 21.7. The number of nitrogens with one attached hydrogen (secondary N) is 1. The zero-order valence-corrected chi connectivity index (χ0v) is 22.5. The van der Waals surface area contributed by atoms with Crippen molar-refractivity contribution in [1.82, 2.24) is 19.8 Å². The highest BCUT2D eigenvalue weighted by Crippen LogP contribution is 2.40. The fourth-order valence-electron chi connectivity index (χ4n) is 4.38. The van der Waals surface area contributed by atoms with Gasteiger partial charge in [-0.3, -0.25) is 24.0 Å². The van der Waals surface area contributed by atoms with Crippen LogP contribution in [0.25, 0.3) is 5.69 Å². The molecule has 1 aromatic heterocycles. The fraction of sp³-hybridized carbons (Fsp3) is 0.480. The van der Waals surface area contributed by atoms with Gasteiger partial charge < -0.3 is 10.1 Å². The maximum atomic E-state index is 14.1. The van der Waals surface area contributed by atoms with Crippen molar-refractivity contribution in [3.05, 3.63) is 52.7 Å². The number of ether oxygens (including phenoxy) is 1. The SMILES string of the molecule is CC(C)(C)OC(=O)N1C[C@H](S(=O)(=O)c2ccc(-n3ccncc3=O)cc2C(F)(F)F)C[C@H]1C(=O)NC1(C#N)CC1. The van der Waals surface area contributed by atoms with Crippen molar-refractivity contribution in [2.75, 3.05) is 6.54 Å². The van der Waals surface area contributed by atoms with E-state index >= 15 is 0 Å². The number of rotatable bonds is 5. The van der Waals surface area contributed by atoms with Crippen LogP contribution in [-0.2, 0) is 25.5 Å². The Morgan fingerprint density at radius 1 is 1.23 bits per heavy atom. The van der Waals surface area contributed by atoms with E-state index in [1.165, 1.54) is 6.20 Å². The predicted molar refractivity (Wildman–Crippen MR) is 133 cm³/mol. The van der Waals surface area contributed by atoms with Gasteiger partial charge in [0.15, 0.2) is 9.84 Å². The summed E-state index contributed by atoms with van der Waals surface area (Å²) in [6.45, 7) is 4.07. The molecule has 2 heterocycles. The minimum Gasteiger partial charge on any atom is -0.444 e. The quantitative estimate of drug-likeness (QED) is 0.566. The molecule has 1 aliphatic carbocycles. The molecule has 0 unspecified atom stereocenters. The summed E-state index contributed by atoms with van der Waals surface area (Å²) in [5.41, 5.74) is -4.60. The van der Waals surface area contributed by atoms with Crippen LogP contribution in [0, 0.1) is 11.3 Å². The Bertz CT molecular complexity index is 1550. The van der Waals surface area contributed by atoms with E-state index in [0.29, 0.717) is 18.9 Å². The highest BCUT2D eigenvalue weighted by Gasteiger charge is 2.52. The molecule has 1 saturated heterocycles. The standard InChI is InChI=1S/C25H26F3N5O6S/c1-23(2,3)39-22(36)33-13-16(11-18(33)21(35)31-24(14-29)6-7-24)40(37,38)19-5-4-15(10-17(19)25(26,27)28)32-9-8-30-12-20(32)34/h4-5,8-10,12,16,18H,6-7,11,13H2,1-3H3,(H,31,35)/t16-,18+/m1/s1. The van der Waals surface area contributed by atoms with E-state index in [1.807, 2.05) is 6.07 Å². The van der Waals surface area contributed by atoms with Crippen LogP contribution < -0.4 is 10.9 Å². The summed E-state index contributed by atoms with van der Waals surface area (Å²) < 4.78 is 75.9. The van der Waals surface area contributed by atoms with Gasteiger partial charge in [0.1, 0.15) is 17.2 Å². The molecule has 2 amide bonds. The highest BCUT2D eigenvalue weighted by molar-refractivity contribution is 7.92. The molecule has 1 N–H and O–H groups in total. The van der Waals surface area contributed by atoms with Crippen molar-refractivity contribution < 1.29 is 35.9 Å². The van der Waals surface area contributed by atoms with Crippen LogP contribution in [0.15, 0.2) is 46.5 Å². The third-order valence-corrected chi connectivity index (χ3v) is 8.72. The molecule has 4 rings (SSSR count). The number of halogens is 3. The average Bonchev–Trinajstić information content (AvgIpc) is 3.46. The Morgan fingerprint density at radius 3 is 2.45 bits per heavy atom. The van der Waals surface area contributed by atoms with Crippen molar-refractivity contribution in [1.29, 1.82) is 5.26 Å². The van der Waals surface area contributed by atoms with Crippen LogP contribution >= 0.6 is 0 Å². The first-order valence-corrected chi connectivity index (χ1v) is 13.7. The number of aromatic nitrogens is 2. The minimum atomic E-state index is -5.12. The van der Waals surface area contributed by atoms with Gasteiger partial charge in [0, 0.05) is 24.6 Å². The number of carbonyl (C=O) groups is 2. The topological polar surface area (TPSA) is 151 Å². The lowest BCUT2D eigenvalue weighted by Gasteiger charge is -2.28. The molecule has 11 nitrogen and oxygen atoms in total. The molecule has 2 fully saturated rings. The first-order chi connectivity index (χ1) is 18.5. The number of nitrogens with zero attached hydrogens (tertiary/aromatic N) is 4. The maximum absolute atomic E-state index is 14.1. The van der Waals surface area contributed by atoms with Crippen LogP contribution in [0.5, 0.6) is 0 Å². The van der Waals surface area contributed by atoms with Gasteiger partial charge in [0.25, 0.3) is 5.56 Å². The summed E-state index contributed by atoms with van der Waals surface area (Å²) in [6, 6.07) is 2.92. The van der Waals surface area contributed by atoms with Crippen LogP contribution in [0.1, 0.15) is 45.6 Å². The summed E-state index contributed by atoms with van der Waals surface area (Å²) >= 11 is 0. The van der Waals surface area contributed by atoms with E-state index in [-0.39, 0.29) is 5.69 Å². The number of likely N-dealkylation sites (tertiary alicyclic amines) is 1. The van der Waals surface area contributed by atoms with E-state index in [0.717, 1.165) is 34.0 Å². The molecule has 1 saturated carbocycles. The van der Waals surface area contributed by atoms with Gasteiger partial charge >= 0.3 is 12.3 Å². The maximum Gasteiger partial charge on any atom is 0.417 e. The molecule has 15 heteroatoms. The number of carbonyl (C=O) groups excluding carboxylic acids is 2. The first-order valence-electron chi connectivity index (χ1n) is 12.2. The lowest BCUT2D eigenvalue weighted by Crippen LogP contribution is -2.50. The molecule has 0 bridgehead atoms. The van der Waals surface area contributed by atoms with E-state index in [1.54, 1.807) is 20.8 Å². The number of alkyl halides is 3. The fourth-order valence-corrected chi connectivity index (χ4v) is 6.27. The van der Waals surface area contributed by atoms with Gasteiger partial charge in [-0.1, -0.05) is 0 Å². The summed E-state index contributed by atoms with van der Waals surface area (Å²) in [5.74, 6) is -0.800. The lowest BCUT2D eigenvalue weighted by atomic mass is 10.1. The number of hydrogen-bond acceptors (Lipinski definition) is 8. The van der Waals surface area contributed by atoms with E-state index in [2.05, 4.69) is 10.3 Å². The van der Waals surface area contributed by atoms with Gasteiger partial charge in [0.2, 0.25) is 5.91 Å². The third kappa shape index (κ3) is 5.81. The molecular formula is C25H26F3N5O6S. The Balaban J connectivity index is 1.73. The van der Waals surface area contributed by atoms with Crippen LogP contribution in [0.3, 0.4) is 0 Å². The van der Waals surface area contributed by atoms with Gasteiger partial charge in [-0.05, 0) is 58.2 Å². The van der Waals surface area contributed by atoms with Gasteiger partial charge in [0.05, 0.1) is 28.0 Å². The molecule has 0 radical (unpaired) electrons. The lowest BCUT2D eigenvalue weighted by molar-refractivity contribution is -0.139. The normalized spacial score (nSPS) is 20.5. The van der Waals surface area contributed by atoms with Crippen molar-refractivity contribution in [2.24, 2.45) is 0 Å². The molecule has 0 spiro atoms. The molecule has 2 aliphatic rings. The molecule has 1 aliphatic heterocycles. The van der Waals surface area contributed by atoms with E-state index < -0.39 is 79.4 Å². The monoisotopic (exact) mass is 581 g/mol. The second-order valence-corrected chi connectivity index (χ2v) is 12.9. The van der Waals surface area contributed by atoms with Crippen LogP contribution in [-0.4, -0.2) is 63.8 Å².